The molecule has 1 saturated heterocycles. The Kier molecular flexibility index (Phi) is 6.68. The number of morpholine rings is 1. The van der Waals surface area contributed by atoms with E-state index in [-0.39, 0.29) is 0 Å². The van der Waals surface area contributed by atoms with E-state index < -0.39 is 0 Å². The minimum absolute atomic E-state index is 0.571. The van der Waals surface area contributed by atoms with Crippen molar-refractivity contribution in [3.63, 3.8) is 0 Å². The molecule has 3 heteroatoms. The Labute approximate surface area is 129 Å². The van der Waals surface area contributed by atoms with Crippen LogP contribution in [0.5, 0.6) is 0 Å². The van der Waals surface area contributed by atoms with Gasteiger partial charge in [-0.15, -0.1) is 0 Å². The Balaban J connectivity index is 1.80. The highest BCUT2D eigenvalue weighted by atomic mass is 16.5. The van der Waals surface area contributed by atoms with Crippen LogP contribution in [0.1, 0.15) is 37.8 Å². The molecule has 1 heterocycles. The molecular weight excluding hydrogens is 260 g/mol. The largest absolute Gasteiger partial charge is 0.379 e. The predicted molar refractivity (Wildman–Crippen MR) is 88.7 cm³/mol. The van der Waals surface area contributed by atoms with E-state index in [1.165, 1.54) is 11.1 Å². The fraction of sp³-hybridized carbons (Fsp3) is 0.667. The molecule has 1 aromatic carbocycles. The molecule has 1 unspecified atom stereocenters. The highest BCUT2D eigenvalue weighted by molar-refractivity contribution is 5.25. The quantitative estimate of drug-likeness (QED) is 0.835. The highest BCUT2D eigenvalue weighted by Gasteiger charge is 2.11. The van der Waals surface area contributed by atoms with Gasteiger partial charge in [-0.25, -0.2) is 0 Å². The SMILES string of the molecule is CC(C)CNCC(C)c1ccc(CN2CCOCC2)cc1. The van der Waals surface area contributed by atoms with Gasteiger partial charge in [-0.2, -0.15) is 0 Å². The maximum atomic E-state index is 5.39. The molecule has 0 aliphatic carbocycles. The summed E-state index contributed by atoms with van der Waals surface area (Å²) in [4.78, 5) is 2.46. The smallest absolute Gasteiger partial charge is 0.0594 e. The summed E-state index contributed by atoms with van der Waals surface area (Å²) in [5.74, 6) is 1.29. The summed E-state index contributed by atoms with van der Waals surface area (Å²) in [5, 5.41) is 3.54. The highest BCUT2D eigenvalue weighted by Crippen LogP contribution is 2.16. The van der Waals surface area contributed by atoms with E-state index in [4.69, 9.17) is 4.74 Å². The van der Waals surface area contributed by atoms with Crippen LogP contribution in [-0.2, 0) is 11.3 Å². The molecule has 118 valence electrons. The summed E-state index contributed by atoms with van der Waals surface area (Å²) in [6.07, 6.45) is 0. The first-order chi connectivity index (χ1) is 10.1. The summed E-state index contributed by atoms with van der Waals surface area (Å²) >= 11 is 0. The van der Waals surface area contributed by atoms with Crippen LogP contribution >= 0.6 is 0 Å². The first-order valence-electron chi connectivity index (χ1n) is 8.25. The molecule has 0 aromatic heterocycles. The van der Waals surface area contributed by atoms with Gasteiger partial charge in [-0.3, -0.25) is 4.90 Å². The zero-order valence-corrected chi connectivity index (χ0v) is 13.8. The lowest BCUT2D eigenvalue weighted by Crippen LogP contribution is -2.35. The average Bonchev–Trinajstić information content (AvgIpc) is 2.48. The van der Waals surface area contributed by atoms with Crippen molar-refractivity contribution in [1.29, 1.82) is 0 Å². The average molecular weight is 290 g/mol. The normalized spacial score (nSPS) is 18.1. The van der Waals surface area contributed by atoms with Gasteiger partial charge >= 0.3 is 0 Å². The first-order valence-corrected chi connectivity index (χ1v) is 8.25. The maximum absolute atomic E-state index is 5.39. The molecule has 1 aromatic rings. The fourth-order valence-electron chi connectivity index (χ4n) is 2.68. The van der Waals surface area contributed by atoms with Crippen molar-refractivity contribution in [3.8, 4) is 0 Å². The van der Waals surface area contributed by atoms with E-state index in [2.05, 4.69) is 55.3 Å². The van der Waals surface area contributed by atoms with E-state index in [1.807, 2.05) is 0 Å². The second-order valence-electron chi connectivity index (χ2n) is 6.58. The maximum Gasteiger partial charge on any atom is 0.0594 e. The molecule has 1 atom stereocenters. The molecule has 0 saturated carbocycles. The van der Waals surface area contributed by atoms with Crippen LogP contribution in [0.3, 0.4) is 0 Å². The van der Waals surface area contributed by atoms with Crippen LogP contribution in [0.25, 0.3) is 0 Å². The van der Waals surface area contributed by atoms with Crippen LogP contribution < -0.4 is 5.32 Å². The Morgan fingerprint density at radius 1 is 1.05 bits per heavy atom. The topological polar surface area (TPSA) is 24.5 Å². The minimum atomic E-state index is 0.571. The number of benzene rings is 1. The van der Waals surface area contributed by atoms with Gasteiger partial charge in [0.1, 0.15) is 0 Å². The number of hydrogen-bond acceptors (Lipinski definition) is 3. The first kappa shape index (κ1) is 16.5. The Hall–Kier alpha value is -0.900. The Morgan fingerprint density at radius 2 is 1.71 bits per heavy atom. The van der Waals surface area contributed by atoms with Crippen LogP contribution in [0.4, 0.5) is 0 Å². The molecule has 0 bridgehead atoms. The lowest BCUT2D eigenvalue weighted by atomic mass is 9.99. The Bertz CT molecular complexity index is 396. The molecule has 1 fully saturated rings. The van der Waals surface area contributed by atoms with Crippen LogP contribution in [0, 0.1) is 5.92 Å². The zero-order chi connectivity index (χ0) is 15.1. The van der Waals surface area contributed by atoms with Crippen molar-refractivity contribution in [2.75, 3.05) is 39.4 Å². The van der Waals surface area contributed by atoms with E-state index in [1.54, 1.807) is 0 Å². The van der Waals surface area contributed by atoms with E-state index in [0.29, 0.717) is 11.8 Å². The molecule has 3 nitrogen and oxygen atoms in total. The number of rotatable bonds is 7. The van der Waals surface area contributed by atoms with Gasteiger partial charge in [0.15, 0.2) is 0 Å². The van der Waals surface area contributed by atoms with Crippen molar-refractivity contribution >= 4 is 0 Å². The summed E-state index contributed by atoms with van der Waals surface area (Å²) in [7, 11) is 0. The van der Waals surface area contributed by atoms with E-state index in [9.17, 15) is 0 Å². The van der Waals surface area contributed by atoms with E-state index >= 15 is 0 Å². The van der Waals surface area contributed by atoms with Gasteiger partial charge in [0.25, 0.3) is 0 Å². The van der Waals surface area contributed by atoms with Gasteiger partial charge in [0.05, 0.1) is 13.2 Å². The standard InChI is InChI=1S/C18H30N2O/c1-15(2)12-19-13-16(3)18-6-4-17(5-7-18)14-20-8-10-21-11-9-20/h4-7,15-16,19H,8-14H2,1-3H3. The minimum Gasteiger partial charge on any atom is -0.379 e. The number of ether oxygens (including phenoxy) is 1. The summed E-state index contributed by atoms with van der Waals surface area (Å²) in [6.45, 7) is 13.8. The third-order valence-corrected chi connectivity index (χ3v) is 4.06. The number of nitrogens with one attached hydrogen (secondary N) is 1. The van der Waals surface area contributed by atoms with Gasteiger partial charge in [-0.1, -0.05) is 45.0 Å². The monoisotopic (exact) mass is 290 g/mol. The van der Waals surface area contributed by atoms with Crippen molar-refractivity contribution in [1.82, 2.24) is 10.2 Å². The van der Waals surface area contributed by atoms with Crippen molar-refractivity contribution < 1.29 is 4.74 Å². The summed E-state index contributed by atoms with van der Waals surface area (Å²) in [6, 6.07) is 9.14. The van der Waals surface area contributed by atoms with Crippen molar-refractivity contribution in [2.24, 2.45) is 5.92 Å². The third-order valence-electron chi connectivity index (χ3n) is 4.06. The van der Waals surface area contributed by atoms with Crippen molar-refractivity contribution in [3.05, 3.63) is 35.4 Å². The zero-order valence-electron chi connectivity index (χ0n) is 13.8. The van der Waals surface area contributed by atoms with Crippen molar-refractivity contribution in [2.45, 2.75) is 33.2 Å². The van der Waals surface area contributed by atoms with Gasteiger partial charge in [0, 0.05) is 26.2 Å². The predicted octanol–water partition coefficient (Wildman–Crippen LogP) is 2.87. The van der Waals surface area contributed by atoms with Crippen LogP contribution in [0.15, 0.2) is 24.3 Å². The van der Waals surface area contributed by atoms with E-state index in [0.717, 1.165) is 45.9 Å². The molecular formula is C18H30N2O. The third kappa shape index (κ3) is 5.77. The lowest BCUT2D eigenvalue weighted by Gasteiger charge is -2.26. The molecule has 0 amide bonds. The molecule has 0 spiro atoms. The summed E-state index contributed by atoms with van der Waals surface area (Å²) < 4.78 is 5.39. The molecule has 0 radical (unpaired) electrons. The fourth-order valence-corrected chi connectivity index (χ4v) is 2.68. The van der Waals surface area contributed by atoms with Crippen LogP contribution in [-0.4, -0.2) is 44.3 Å². The van der Waals surface area contributed by atoms with Gasteiger partial charge < -0.3 is 10.1 Å². The lowest BCUT2D eigenvalue weighted by molar-refractivity contribution is 0.0342. The Morgan fingerprint density at radius 3 is 2.33 bits per heavy atom. The number of nitrogens with zero attached hydrogens (tertiary/aromatic N) is 1. The summed E-state index contributed by atoms with van der Waals surface area (Å²) in [5.41, 5.74) is 2.83. The van der Waals surface area contributed by atoms with Gasteiger partial charge in [0.2, 0.25) is 0 Å². The second kappa shape index (κ2) is 8.52. The number of hydrogen-bond donors (Lipinski definition) is 1. The second-order valence-corrected chi connectivity index (χ2v) is 6.58. The molecule has 1 aliphatic heterocycles. The molecule has 2 rings (SSSR count). The molecule has 1 N–H and O–H groups in total. The van der Waals surface area contributed by atoms with Gasteiger partial charge in [-0.05, 0) is 29.5 Å². The molecule has 21 heavy (non-hydrogen) atoms. The van der Waals surface area contributed by atoms with Crippen LogP contribution in [0.2, 0.25) is 0 Å². The molecule has 1 aliphatic rings.